The molecule has 6 rings (SSSR count). The Hall–Kier alpha value is -4.54. The van der Waals surface area contributed by atoms with Crippen molar-refractivity contribution in [3.63, 3.8) is 0 Å². The van der Waals surface area contributed by atoms with Gasteiger partial charge in [0.1, 0.15) is 12.0 Å². The normalized spacial score (nSPS) is 14.0. The maximum Gasteiger partial charge on any atom is 0.273 e. The molecule has 11 heteroatoms. The smallest absolute Gasteiger partial charge is 0.273 e. The number of fused-ring (bicyclic) bond motifs is 1. The quantitative estimate of drug-likeness (QED) is 0.275. The minimum atomic E-state index is -1.23. The van der Waals surface area contributed by atoms with Gasteiger partial charge in [-0.2, -0.15) is 5.10 Å². The lowest BCUT2D eigenvalue weighted by Gasteiger charge is -2.07. The first-order chi connectivity index (χ1) is 19.0. The van der Waals surface area contributed by atoms with Gasteiger partial charge in [-0.25, -0.2) is 13.5 Å². The molecule has 4 heterocycles. The number of amides is 1. The summed E-state index contributed by atoms with van der Waals surface area (Å²) in [5.74, 6) is -0.111. The monoisotopic (exact) mass is 528 g/mol. The van der Waals surface area contributed by atoms with Gasteiger partial charge in [0.15, 0.2) is 11.3 Å². The average Bonchev–Trinajstić information content (AvgIpc) is 3.56. The highest BCUT2D eigenvalue weighted by Crippen LogP contribution is 2.39. The molecule has 0 bridgehead atoms. The van der Waals surface area contributed by atoms with Gasteiger partial charge in [0, 0.05) is 17.1 Å². The first kappa shape index (κ1) is 24.8. The Labute approximate surface area is 222 Å². The highest BCUT2D eigenvalue weighted by Gasteiger charge is 2.23. The zero-order chi connectivity index (χ0) is 26.8. The molecule has 1 fully saturated rings. The van der Waals surface area contributed by atoms with E-state index in [2.05, 4.69) is 35.8 Å². The van der Waals surface area contributed by atoms with Gasteiger partial charge in [-0.15, -0.1) is 10.2 Å². The molecule has 9 nitrogen and oxygen atoms in total. The number of halogens is 2. The van der Waals surface area contributed by atoms with Crippen molar-refractivity contribution >= 4 is 16.9 Å². The third kappa shape index (κ3) is 5.82. The molecule has 2 N–H and O–H groups in total. The van der Waals surface area contributed by atoms with Crippen molar-refractivity contribution in [3.8, 4) is 11.3 Å². The Morgan fingerprint density at radius 3 is 2.82 bits per heavy atom. The Morgan fingerprint density at radius 2 is 1.97 bits per heavy atom. The molecule has 1 atom stereocenters. The number of aromatic nitrogens is 7. The number of carbonyl (C=O) groups is 1. The van der Waals surface area contributed by atoms with E-state index in [0.717, 1.165) is 11.1 Å². The molecule has 5 aromatic rings. The fraction of sp³-hybridized carbons (Fsp3) is 0.286. The molecule has 1 unspecified atom stereocenters. The lowest BCUT2D eigenvalue weighted by Crippen LogP contribution is -2.23. The number of pyridine rings is 1. The van der Waals surface area contributed by atoms with Crippen molar-refractivity contribution in [1.29, 1.82) is 0 Å². The van der Waals surface area contributed by atoms with Crippen molar-refractivity contribution in [2.45, 2.75) is 50.9 Å². The Bertz CT molecular complexity index is 1630. The molecular weight excluding hydrogens is 502 g/mol. The van der Waals surface area contributed by atoms with Gasteiger partial charge in [-0.1, -0.05) is 17.3 Å². The first-order valence-corrected chi connectivity index (χ1v) is 12.9. The minimum Gasteiger partial charge on any atom is -0.345 e. The summed E-state index contributed by atoms with van der Waals surface area (Å²) >= 11 is 0. The number of benzene rings is 1. The highest BCUT2D eigenvalue weighted by molar-refractivity contribution is 5.91. The van der Waals surface area contributed by atoms with Crippen LogP contribution in [0.15, 0.2) is 60.9 Å². The summed E-state index contributed by atoms with van der Waals surface area (Å²) in [4.78, 5) is 19.9. The zero-order valence-corrected chi connectivity index (χ0v) is 21.0. The van der Waals surface area contributed by atoms with E-state index >= 15 is 0 Å². The van der Waals surface area contributed by atoms with E-state index in [-0.39, 0.29) is 36.9 Å². The summed E-state index contributed by atoms with van der Waals surface area (Å²) < 4.78 is 30.2. The second-order valence-corrected chi connectivity index (χ2v) is 9.80. The van der Waals surface area contributed by atoms with Crippen molar-refractivity contribution in [3.05, 3.63) is 89.4 Å². The molecule has 0 spiro atoms. The second-order valence-electron chi connectivity index (χ2n) is 9.80. The van der Waals surface area contributed by atoms with Crippen LogP contribution in [-0.4, -0.2) is 47.2 Å². The molecular formula is C28H26F2N8O. The van der Waals surface area contributed by atoms with Crippen molar-refractivity contribution in [2.24, 2.45) is 0 Å². The topological polar surface area (TPSA) is 114 Å². The van der Waals surface area contributed by atoms with Crippen LogP contribution >= 0.6 is 0 Å². The second kappa shape index (κ2) is 10.7. The SMILES string of the molecule is O=C(NCc1cc(C2CC2)ccn1)c1cn(CC(F)CCc2cc3cc(-c4ccccc4F)[nH]c3nn2)nn1. The number of alkyl halides is 1. The summed E-state index contributed by atoms with van der Waals surface area (Å²) in [7, 11) is 0. The molecule has 1 aromatic carbocycles. The van der Waals surface area contributed by atoms with Gasteiger partial charge in [0.25, 0.3) is 5.91 Å². The molecule has 0 aliphatic heterocycles. The van der Waals surface area contributed by atoms with E-state index in [1.807, 2.05) is 18.2 Å². The number of aryl methyl sites for hydroxylation is 1. The van der Waals surface area contributed by atoms with Crippen LogP contribution in [0.3, 0.4) is 0 Å². The minimum absolute atomic E-state index is 0.0392. The van der Waals surface area contributed by atoms with Gasteiger partial charge in [-0.05, 0) is 73.6 Å². The molecule has 0 saturated heterocycles. The van der Waals surface area contributed by atoms with Gasteiger partial charge >= 0.3 is 0 Å². The fourth-order valence-electron chi connectivity index (χ4n) is 4.54. The molecule has 4 aromatic heterocycles. The molecule has 1 aliphatic carbocycles. The number of H-pyrrole nitrogens is 1. The van der Waals surface area contributed by atoms with E-state index in [1.54, 1.807) is 30.5 Å². The van der Waals surface area contributed by atoms with Crippen molar-refractivity contribution in [2.75, 3.05) is 0 Å². The number of carbonyl (C=O) groups excluding carboxylic acids is 1. The average molecular weight is 529 g/mol. The maximum atomic E-state index is 14.8. The molecule has 0 radical (unpaired) electrons. The zero-order valence-electron chi connectivity index (χ0n) is 21.0. The van der Waals surface area contributed by atoms with Gasteiger partial charge in [0.05, 0.1) is 36.4 Å². The molecule has 39 heavy (non-hydrogen) atoms. The van der Waals surface area contributed by atoms with Gasteiger partial charge in [0.2, 0.25) is 0 Å². The molecule has 1 aliphatic rings. The number of rotatable bonds is 10. The summed E-state index contributed by atoms with van der Waals surface area (Å²) in [5.41, 5.74) is 4.37. The Morgan fingerprint density at radius 1 is 1.10 bits per heavy atom. The van der Waals surface area contributed by atoms with Crippen molar-refractivity contribution < 1.29 is 13.6 Å². The number of aromatic amines is 1. The van der Waals surface area contributed by atoms with E-state index < -0.39 is 6.17 Å². The largest absolute Gasteiger partial charge is 0.345 e. The van der Waals surface area contributed by atoms with E-state index in [4.69, 9.17) is 0 Å². The van der Waals surface area contributed by atoms with E-state index in [9.17, 15) is 13.6 Å². The standard InChI is InChI=1S/C28H26F2N8O/c29-20(7-8-21-12-19-13-25(33-27(19)36-34-21)23-3-1-2-4-24(23)30)15-38-16-26(35-37-38)28(39)32-14-22-11-18(9-10-31-22)17-5-6-17/h1-4,9-13,16-17,20H,5-8,14-15H2,(H,32,39)(H,33,36). The Balaban J connectivity index is 1.01. The number of hydrogen-bond donors (Lipinski definition) is 2. The van der Waals surface area contributed by atoms with Gasteiger partial charge in [-0.3, -0.25) is 9.78 Å². The van der Waals surface area contributed by atoms with Crippen LogP contribution in [0.4, 0.5) is 8.78 Å². The summed E-state index contributed by atoms with van der Waals surface area (Å²) in [6.07, 6.45) is 4.91. The highest BCUT2D eigenvalue weighted by atomic mass is 19.1. The lowest BCUT2D eigenvalue weighted by molar-refractivity contribution is 0.0945. The molecule has 198 valence electrons. The van der Waals surface area contributed by atoms with Crippen molar-refractivity contribution in [1.82, 2.24) is 40.5 Å². The maximum absolute atomic E-state index is 14.8. The fourth-order valence-corrected chi connectivity index (χ4v) is 4.54. The van der Waals surface area contributed by atoms with Crippen LogP contribution in [0.5, 0.6) is 0 Å². The number of nitrogens with zero attached hydrogens (tertiary/aromatic N) is 6. The van der Waals surface area contributed by atoms with Crippen LogP contribution in [0.25, 0.3) is 22.3 Å². The summed E-state index contributed by atoms with van der Waals surface area (Å²) in [5, 5.41) is 19.7. The number of hydrogen-bond acceptors (Lipinski definition) is 6. The van der Waals surface area contributed by atoms with E-state index in [0.29, 0.717) is 34.9 Å². The summed E-state index contributed by atoms with van der Waals surface area (Å²) in [6.45, 7) is 0.245. The summed E-state index contributed by atoms with van der Waals surface area (Å²) in [6, 6.07) is 14.1. The third-order valence-corrected chi connectivity index (χ3v) is 6.78. The molecule has 1 amide bonds. The van der Waals surface area contributed by atoms with Crippen LogP contribution in [0.1, 0.15) is 52.6 Å². The Kier molecular flexibility index (Phi) is 6.78. The molecule has 1 saturated carbocycles. The van der Waals surface area contributed by atoms with Crippen LogP contribution in [-0.2, 0) is 19.5 Å². The predicted molar refractivity (Wildman–Crippen MR) is 140 cm³/mol. The van der Waals surface area contributed by atoms with Crippen LogP contribution in [0, 0.1) is 5.82 Å². The third-order valence-electron chi connectivity index (χ3n) is 6.78. The number of nitrogens with one attached hydrogen (secondary N) is 2. The van der Waals surface area contributed by atoms with Crippen LogP contribution < -0.4 is 5.32 Å². The van der Waals surface area contributed by atoms with Crippen LogP contribution in [0.2, 0.25) is 0 Å². The lowest BCUT2D eigenvalue weighted by atomic mass is 10.1. The van der Waals surface area contributed by atoms with Gasteiger partial charge < -0.3 is 10.3 Å². The van der Waals surface area contributed by atoms with E-state index in [1.165, 1.54) is 35.4 Å². The predicted octanol–water partition coefficient (Wildman–Crippen LogP) is 4.53. The first-order valence-electron chi connectivity index (χ1n) is 12.9.